The SMILES string of the molecule is CC1CN(c2ccc(CNC(=O)c3cccc(N)c3)cn2)CC(C)O1. The van der Waals surface area contributed by atoms with Crippen LogP contribution >= 0.6 is 0 Å². The van der Waals surface area contributed by atoms with Gasteiger partial charge >= 0.3 is 0 Å². The minimum Gasteiger partial charge on any atom is -0.399 e. The van der Waals surface area contributed by atoms with Gasteiger partial charge in [0.15, 0.2) is 0 Å². The molecule has 1 aromatic carbocycles. The van der Waals surface area contributed by atoms with Gasteiger partial charge in [0.05, 0.1) is 12.2 Å². The Hall–Kier alpha value is -2.60. The normalized spacial score (nSPS) is 20.3. The van der Waals surface area contributed by atoms with Gasteiger partial charge in [0.1, 0.15) is 5.82 Å². The molecule has 132 valence electrons. The number of amides is 1. The van der Waals surface area contributed by atoms with E-state index >= 15 is 0 Å². The van der Waals surface area contributed by atoms with Crippen molar-refractivity contribution in [2.45, 2.75) is 32.6 Å². The van der Waals surface area contributed by atoms with Crippen molar-refractivity contribution in [1.82, 2.24) is 10.3 Å². The Labute approximate surface area is 148 Å². The van der Waals surface area contributed by atoms with E-state index in [0.29, 0.717) is 17.8 Å². The van der Waals surface area contributed by atoms with E-state index in [1.54, 1.807) is 30.5 Å². The summed E-state index contributed by atoms with van der Waals surface area (Å²) in [5.74, 6) is 0.792. The fraction of sp³-hybridized carbons (Fsp3) is 0.368. The highest BCUT2D eigenvalue weighted by atomic mass is 16.5. The van der Waals surface area contributed by atoms with E-state index in [0.717, 1.165) is 24.5 Å². The summed E-state index contributed by atoms with van der Waals surface area (Å²) in [5, 5.41) is 2.89. The van der Waals surface area contributed by atoms with Gasteiger partial charge in [-0.3, -0.25) is 4.79 Å². The molecule has 2 heterocycles. The van der Waals surface area contributed by atoms with Crippen LogP contribution in [-0.4, -0.2) is 36.2 Å². The lowest BCUT2D eigenvalue weighted by Crippen LogP contribution is -2.45. The zero-order valence-corrected chi connectivity index (χ0v) is 14.6. The number of hydrogen-bond donors (Lipinski definition) is 2. The van der Waals surface area contributed by atoms with Crippen molar-refractivity contribution in [2.24, 2.45) is 0 Å². The van der Waals surface area contributed by atoms with Crippen LogP contribution in [0.25, 0.3) is 0 Å². The van der Waals surface area contributed by atoms with Gasteiger partial charge in [0, 0.05) is 37.1 Å². The number of nitrogens with one attached hydrogen (secondary N) is 1. The predicted molar refractivity (Wildman–Crippen MR) is 98.5 cm³/mol. The molecule has 2 aromatic rings. The maximum Gasteiger partial charge on any atom is 0.251 e. The maximum absolute atomic E-state index is 12.1. The van der Waals surface area contributed by atoms with Crippen LogP contribution in [0.3, 0.4) is 0 Å². The van der Waals surface area contributed by atoms with Crippen molar-refractivity contribution in [3.05, 3.63) is 53.7 Å². The minimum atomic E-state index is -0.146. The van der Waals surface area contributed by atoms with E-state index in [1.807, 2.05) is 12.1 Å². The number of carbonyl (C=O) groups is 1. The molecule has 1 fully saturated rings. The van der Waals surface area contributed by atoms with Crippen molar-refractivity contribution in [1.29, 1.82) is 0 Å². The summed E-state index contributed by atoms with van der Waals surface area (Å²) < 4.78 is 5.75. The minimum absolute atomic E-state index is 0.146. The molecule has 0 radical (unpaired) electrons. The number of anilines is 2. The molecule has 25 heavy (non-hydrogen) atoms. The maximum atomic E-state index is 12.1. The first kappa shape index (κ1) is 17.2. The molecule has 0 spiro atoms. The molecular formula is C19H24N4O2. The molecule has 1 aliphatic heterocycles. The van der Waals surface area contributed by atoms with Crippen LogP contribution in [0.4, 0.5) is 11.5 Å². The summed E-state index contributed by atoms with van der Waals surface area (Å²) in [6, 6.07) is 10.9. The number of nitrogens with two attached hydrogens (primary N) is 1. The Kier molecular flexibility index (Phi) is 5.19. The highest BCUT2D eigenvalue weighted by Gasteiger charge is 2.22. The summed E-state index contributed by atoms with van der Waals surface area (Å²) in [6.45, 7) is 6.24. The van der Waals surface area contributed by atoms with Gasteiger partial charge in [-0.2, -0.15) is 0 Å². The number of benzene rings is 1. The molecule has 2 atom stereocenters. The molecule has 3 rings (SSSR count). The van der Waals surface area contributed by atoms with E-state index < -0.39 is 0 Å². The quantitative estimate of drug-likeness (QED) is 0.834. The summed E-state index contributed by atoms with van der Waals surface area (Å²) in [6.07, 6.45) is 2.20. The van der Waals surface area contributed by atoms with Crippen LogP contribution in [0.15, 0.2) is 42.6 Å². The first-order valence-corrected chi connectivity index (χ1v) is 8.50. The van der Waals surface area contributed by atoms with Gasteiger partial charge in [-0.05, 0) is 43.7 Å². The highest BCUT2D eigenvalue weighted by Crippen LogP contribution is 2.18. The Morgan fingerprint density at radius 2 is 2.04 bits per heavy atom. The number of nitrogens with zero attached hydrogens (tertiary/aromatic N) is 2. The number of pyridine rings is 1. The first-order valence-electron chi connectivity index (χ1n) is 8.50. The standard InChI is InChI=1S/C19H24N4O2/c1-13-11-23(12-14(2)25-13)18-7-6-15(9-21-18)10-22-19(24)16-4-3-5-17(20)8-16/h3-9,13-14H,10-12,20H2,1-2H3,(H,22,24). The van der Waals surface area contributed by atoms with Gasteiger partial charge in [-0.25, -0.2) is 4.98 Å². The third-order valence-electron chi connectivity index (χ3n) is 4.15. The second-order valence-electron chi connectivity index (χ2n) is 6.50. The third-order valence-corrected chi connectivity index (χ3v) is 4.15. The van der Waals surface area contributed by atoms with Gasteiger partial charge in [0.2, 0.25) is 0 Å². The molecule has 1 amide bonds. The number of ether oxygens (including phenoxy) is 1. The van der Waals surface area contributed by atoms with Crippen molar-refractivity contribution < 1.29 is 9.53 Å². The zero-order chi connectivity index (χ0) is 17.8. The summed E-state index contributed by atoms with van der Waals surface area (Å²) in [7, 11) is 0. The van der Waals surface area contributed by atoms with E-state index in [2.05, 4.69) is 29.0 Å². The van der Waals surface area contributed by atoms with E-state index in [4.69, 9.17) is 10.5 Å². The Balaban J connectivity index is 1.58. The molecule has 0 aliphatic carbocycles. The molecule has 0 saturated carbocycles. The zero-order valence-electron chi connectivity index (χ0n) is 14.6. The first-order chi connectivity index (χ1) is 12.0. The molecule has 1 aromatic heterocycles. The van der Waals surface area contributed by atoms with Crippen molar-refractivity contribution in [2.75, 3.05) is 23.7 Å². The second-order valence-corrected chi connectivity index (χ2v) is 6.50. The Morgan fingerprint density at radius 3 is 2.68 bits per heavy atom. The van der Waals surface area contributed by atoms with Gasteiger partial charge in [-0.1, -0.05) is 12.1 Å². The number of rotatable bonds is 4. The van der Waals surface area contributed by atoms with E-state index in [-0.39, 0.29) is 18.1 Å². The molecule has 0 bridgehead atoms. The van der Waals surface area contributed by atoms with Gasteiger partial charge in [-0.15, -0.1) is 0 Å². The van der Waals surface area contributed by atoms with Crippen molar-refractivity contribution in [3.63, 3.8) is 0 Å². The summed E-state index contributed by atoms with van der Waals surface area (Å²) in [5.41, 5.74) is 7.79. The summed E-state index contributed by atoms with van der Waals surface area (Å²) >= 11 is 0. The predicted octanol–water partition coefficient (Wildman–Crippen LogP) is 2.21. The lowest BCUT2D eigenvalue weighted by molar-refractivity contribution is -0.00546. The third kappa shape index (κ3) is 4.48. The number of nitrogen functional groups attached to an aromatic ring is 1. The number of carbonyl (C=O) groups excluding carboxylic acids is 1. The van der Waals surface area contributed by atoms with E-state index in [9.17, 15) is 4.79 Å². The molecular weight excluding hydrogens is 316 g/mol. The van der Waals surface area contributed by atoms with Crippen LogP contribution in [-0.2, 0) is 11.3 Å². The Morgan fingerprint density at radius 1 is 1.28 bits per heavy atom. The smallest absolute Gasteiger partial charge is 0.251 e. The number of hydrogen-bond acceptors (Lipinski definition) is 5. The topological polar surface area (TPSA) is 80.5 Å². The summed E-state index contributed by atoms with van der Waals surface area (Å²) in [4.78, 5) is 18.9. The number of morpholine rings is 1. The van der Waals surface area contributed by atoms with Crippen molar-refractivity contribution in [3.8, 4) is 0 Å². The van der Waals surface area contributed by atoms with Crippen molar-refractivity contribution >= 4 is 17.4 Å². The molecule has 6 nitrogen and oxygen atoms in total. The van der Waals surface area contributed by atoms with Crippen LogP contribution in [0.5, 0.6) is 0 Å². The average Bonchev–Trinajstić information content (AvgIpc) is 2.59. The van der Waals surface area contributed by atoms with E-state index in [1.165, 1.54) is 0 Å². The van der Waals surface area contributed by atoms with Gasteiger partial charge in [0.25, 0.3) is 5.91 Å². The molecule has 1 aliphatic rings. The molecule has 1 saturated heterocycles. The fourth-order valence-electron chi connectivity index (χ4n) is 3.04. The van der Waals surface area contributed by atoms with Crippen LogP contribution in [0.2, 0.25) is 0 Å². The Bertz CT molecular complexity index is 722. The molecule has 2 unspecified atom stereocenters. The van der Waals surface area contributed by atoms with Crippen LogP contribution < -0.4 is 16.0 Å². The molecule has 3 N–H and O–H groups in total. The second kappa shape index (κ2) is 7.53. The fourth-order valence-corrected chi connectivity index (χ4v) is 3.04. The van der Waals surface area contributed by atoms with Gasteiger partial charge < -0.3 is 20.7 Å². The van der Waals surface area contributed by atoms with Crippen LogP contribution in [0.1, 0.15) is 29.8 Å². The largest absolute Gasteiger partial charge is 0.399 e. The number of aromatic nitrogens is 1. The van der Waals surface area contributed by atoms with Crippen LogP contribution in [0, 0.1) is 0 Å². The lowest BCUT2D eigenvalue weighted by Gasteiger charge is -2.36. The average molecular weight is 340 g/mol. The highest BCUT2D eigenvalue weighted by molar-refractivity contribution is 5.94. The molecule has 6 heteroatoms. The monoisotopic (exact) mass is 340 g/mol. The lowest BCUT2D eigenvalue weighted by atomic mass is 10.2.